The van der Waals surface area contributed by atoms with Gasteiger partial charge in [-0.2, -0.15) is 0 Å². The summed E-state index contributed by atoms with van der Waals surface area (Å²) in [5, 5.41) is 8.74. The van der Waals surface area contributed by atoms with E-state index in [0.717, 1.165) is 25.7 Å². The van der Waals surface area contributed by atoms with Crippen LogP contribution in [0.15, 0.2) is 17.2 Å². The smallest absolute Gasteiger partial charge is 0.328 e. The summed E-state index contributed by atoms with van der Waals surface area (Å²) < 4.78 is 3.35. The molecule has 94 valence electrons. The molecule has 1 aromatic rings. The third-order valence-corrected chi connectivity index (χ3v) is 3.65. The molecule has 2 rings (SSSR count). The minimum absolute atomic E-state index is 0.0201. The van der Waals surface area contributed by atoms with Crippen molar-refractivity contribution in [3.8, 4) is 0 Å². The molecule has 5 nitrogen and oxygen atoms in total. The van der Waals surface area contributed by atoms with E-state index in [4.69, 9.17) is 5.11 Å². The van der Waals surface area contributed by atoms with Crippen molar-refractivity contribution < 1.29 is 9.90 Å². The Morgan fingerprint density at radius 3 is 2.47 bits per heavy atom. The molecular formula is C12H18N2O3. The molecule has 0 unspecified atom stereocenters. The summed E-state index contributed by atoms with van der Waals surface area (Å²) in [6, 6.07) is 0.244. The van der Waals surface area contributed by atoms with Gasteiger partial charge in [0, 0.05) is 31.9 Å². The summed E-state index contributed by atoms with van der Waals surface area (Å²) in [5.41, 5.74) is 0.0201. The Morgan fingerprint density at radius 1 is 1.35 bits per heavy atom. The first-order valence-corrected chi connectivity index (χ1v) is 6.03. The molecule has 0 atom stereocenters. The molecule has 1 aromatic heterocycles. The van der Waals surface area contributed by atoms with E-state index in [1.165, 1.54) is 0 Å². The van der Waals surface area contributed by atoms with Crippen LogP contribution in [0.3, 0.4) is 0 Å². The summed E-state index contributed by atoms with van der Waals surface area (Å²) in [6.07, 6.45) is 7.47. The van der Waals surface area contributed by atoms with Crippen LogP contribution in [-0.4, -0.2) is 20.2 Å². The van der Waals surface area contributed by atoms with Gasteiger partial charge in [-0.05, 0) is 31.6 Å². The van der Waals surface area contributed by atoms with Crippen LogP contribution in [0, 0.1) is 5.92 Å². The summed E-state index contributed by atoms with van der Waals surface area (Å²) in [5.74, 6) is -0.437. The second-order valence-electron chi connectivity index (χ2n) is 4.87. The van der Waals surface area contributed by atoms with Gasteiger partial charge in [-0.3, -0.25) is 9.36 Å². The van der Waals surface area contributed by atoms with Gasteiger partial charge in [0.15, 0.2) is 0 Å². The van der Waals surface area contributed by atoms with Crippen molar-refractivity contribution in [3.63, 3.8) is 0 Å². The maximum Gasteiger partial charge on any atom is 0.328 e. The van der Waals surface area contributed by atoms with Crippen molar-refractivity contribution in [2.75, 3.05) is 0 Å². The monoisotopic (exact) mass is 238 g/mol. The van der Waals surface area contributed by atoms with Crippen LogP contribution in [0.1, 0.15) is 38.1 Å². The first-order valence-electron chi connectivity index (χ1n) is 6.03. The first kappa shape index (κ1) is 12.0. The van der Waals surface area contributed by atoms with Crippen molar-refractivity contribution >= 4 is 5.97 Å². The van der Waals surface area contributed by atoms with Crippen LogP contribution in [0.2, 0.25) is 0 Å². The Bertz CT molecular complexity index is 453. The summed E-state index contributed by atoms with van der Waals surface area (Å²) in [6.45, 7) is 0. The van der Waals surface area contributed by atoms with Crippen LogP contribution in [0.4, 0.5) is 0 Å². The van der Waals surface area contributed by atoms with Crippen molar-refractivity contribution in [2.24, 2.45) is 13.0 Å². The van der Waals surface area contributed by atoms with Gasteiger partial charge >= 0.3 is 11.7 Å². The van der Waals surface area contributed by atoms with Gasteiger partial charge < -0.3 is 9.67 Å². The lowest BCUT2D eigenvalue weighted by Crippen LogP contribution is -2.28. The topological polar surface area (TPSA) is 64.2 Å². The Labute approximate surface area is 99.7 Å². The molecule has 1 heterocycles. The van der Waals surface area contributed by atoms with Crippen molar-refractivity contribution in [3.05, 3.63) is 22.9 Å². The summed E-state index contributed by atoms with van der Waals surface area (Å²) in [7, 11) is 1.74. The highest BCUT2D eigenvalue weighted by atomic mass is 16.4. The largest absolute Gasteiger partial charge is 0.481 e. The molecule has 0 saturated heterocycles. The normalized spacial score (nSPS) is 24.8. The molecule has 0 aliphatic heterocycles. The third kappa shape index (κ3) is 2.60. The van der Waals surface area contributed by atoms with E-state index >= 15 is 0 Å². The van der Waals surface area contributed by atoms with E-state index in [-0.39, 0.29) is 24.1 Å². The highest BCUT2D eigenvalue weighted by Crippen LogP contribution is 2.32. The van der Waals surface area contributed by atoms with Gasteiger partial charge in [0.05, 0.1) is 0 Å². The number of aliphatic carboxylic acids is 1. The molecule has 1 N–H and O–H groups in total. The zero-order chi connectivity index (χ0) is 12.4. The maximum atomic E-state index is 11.8. The molecule has 0 radical (unpaired) electrons. The molecule has 1 aliphatic rings. The average Bonchev–Trinajstić information content (AvgIpc) is 2.60. The predicted molar refractivity (Wildman–Crippen MR) is 62.9 cm³/mol. The van der Waals surface area contributed by atoms with Gasteiger partial charge in [0.25, 0.3) is 0 Å². The number of hydrogen-bond donors (Lipinski definition) is 1. The zero-order valence-corrected chi connectivity index (χ0v) is 10.0. The summed E-state index contributed by atoms with van der Waals surface area (Å²) >= 11 is 0. The van der Waals surface area contributed by atoms with Gasteiger partial charge in [0.1, 0.15) is 0 Å². The third-order valence-electron chi connectivity index (χ3n) is 3.65. The first-order chi connectivity index (χ1) is 8.08. The molecule has 5 heteroatoms. The van der Waals surface area contributed by atoms with E-state index < -0.39 is 5.97 Å². The number of carboxylic acid groups (broad SMARTS) is 1. The van der Waals surface area contributed by atoms with Gasteiger partial charge in [-0.1, -0.05) is 0 Å². The fraction of sp³-hybridized carbons (Fsp3) is 0.667. The highest BCUT2D eigenvalue weighted by Gasteiger charge is 2.24. The van der Waals surface area contributed by atoms with E-state index in [2.05, 4.69) is 0 Å². The second-order valence-corrected chi connectivity index (χ2v) is 4.87. The number of imidazole rings is 1. The Kier molecular flexibility index (Phi) is 3.36. The van der Waals surface area contributed by atoms with Crippen molar-refractivity contribution in [2.45, 2.75) is 38.1 Å². The van der Waals surface area contributed by atoms with E-state index in [1.807, 2.05) is 6.20 Å². The minimum Gasteiger partial charge on any atom is -0.481 e. The Hall–Kier alpha value is -1.52. The van der Waals surface area contributed by atoms with E-state index in [0.29, 0.717) is 0 Å². The number of carboxylic acids is 1. The number of rotatable bonds is 3. The van der Waals surface area contributed by atoms with Crippen molar-refractivity contribution in [1.82, 2.24) is 9.13 Å². The van der Waals surface area contributed by atoms with Crippen LogP contribution in [0.5, 0.6) is 0 Å². The molecule has 1 saturated carbocycles. The van der Waals surface area contributed by atoms with Crippen LogP contribution >= 0.6 is 0 Å². The molecule has 1 aliphatic carbocycles. The van der Waals surface area contributed by atoms with Gasteiger partial charge in [-0.25, -0.2) is 4.79 Å². The fourth-order valence-electron chi connectivity index (χ4n) is 2.63. The van der Waals surface area contributed by atoms with Gasteiger partial charge in [0.2, 0.25) is 0 Å². The quantitative estimate of drug-likeness (QED) is 0.865. The molecule has 17 heavy (non-hydrogen) atoms. The lowest BCUT2D eigenvalue weighted by Gasteiger charge is -2.27. The Morgan fingerprint density at radius 2 is 2.00 bits per heavy atom. The molecular weight excluding hydrogens is 220 g/mol. The number of hydrogen-bond acceptors (Lipinski definition) is 2. The number of carbonyl (C=O) groups is 1. The van der Waals surface area contributed by atoms with Crippen LogP contribution in [0.25, 0.3) is 0 Å². The molecule has 0 spiro atoms. The number of nitrogens with zero attached hydrogens (tertiary/aromatic N) is 2. The average molecular weight is 238 g/mol. The highest BCUT2D eigenvalue weighted by molar-refractivity contribution is 5.67. The SMILES string of the molecule is Cn1ccn(C2CCC(CC(=O)O)CC2)c1=O. The molecule has 0 amide bonds. The standard InChI is InChI=1S/C12H18N2O3/c1-13-6-7-14(12(13)17)10-4-2-9(3-5-10)8-11(15)16/h6-7,9-10H,2-5,8H2,1H3,(H,15,16). The lowest BCUT2D eigenvalue weighted by molar-refractivity contribution is -0.138. The number of aryl methyl sites for hydroxylation is 1. The van der Waals surface area contributed by atoms with Crippen LogP contribution in [-0.2, 0) is 11.8 Å². The molecule has 1 fully saturated rings. The van der Waals surface area contributed by atoms with Crippen LogP contribution < -0.4 is 5.69 Å². The Balaban J connectivity index is 1.97. The maximum absolute atomic E-state index is 11.8. The number of aromatic nitrogens is 2. The lowest BCUT2D eigenvalue weighted by atomic mass is 9.84. The minimum atomic E-state index is -0.717. The zero-order valence-electron chi connectivity index (χ0n) is 10.0. The summed E-state index contributed by atoms with van der Waals surface area (Å²) in [4.78, 5) is 22.4. The predicted octanol–water partition coefficient (Wildman–Crippen LogP) is 1.39. The molecule has 0 aromatic carbocycles. The van der Waals surface area contributed by atoms with Gasteiger partial charge in [-0.15, -0.1) is 0 Å². The van der Waals surface area contributed by atoms with Crippen molar-refractivity contribution in [1.29, 1.82) is 0 Å². The van der Waals surface area contributed by atoms with E-state index in [9.17, 15) is 9.59 Å². The fourth-order valence-corrected chi connectivity index (χ4v) is 2.63. The van der Waals surface area contributed by atoms with E-state index in [1.54, 1.807) is 22.4 Å². The second kappa shape index (κ2) is 4.77. The molecule has 0 bridgehead atoms.